The first kappa shape index (κ1) is 13.3. The summed E-state index contributed by atoms with van der Waals surface area (Å²) in [6, 6.07) is 8.54. The maximum atomic E-state index is 4.37. The molecule has 0 spiro atoms. The Balaban J connectivity index is 1.66. The standard InChI is InChI=1S/C16H19N3S/c1-12(16-18-7-8-20-16)9-17-10-13-11-19(2)15-6-4-3-5-14(13)15/h3-8,11-12,17H,9-10H2,1-2H3. The third-order valence-electron chi connectivity index (χ3n) is 3.62. The van der Waals surface area contributed by atoms with E-state index in [2.05, 4.69) is 59.3 Å². The smallest absolute Gasteiger partial charge is 0.0965 e. The summed E-state index contributed by atoms with van der Waals surface area (Å²) < 4.78 is 2.19. The number of para-hydroxylation sites is 1. The molecule has 1 aromatic carbocycles. The molecule has 0 fully saturated rings. The van der Waals surface area contributed by atoms with Gasteiger partial charge in [0.25, 0.3) is 0 Å². The van der Waals surface area contributed by atoms with Crippen molar-refractivity contribution >= 4 is 22.2 Å². The number of nitrogens with one attached hydrogen (secondary N) is 1. The normalized spacial score (nSPS) is 12.9. The first-order valence-corrected chi connectivity index (χ1v) is 7.76. The van der Waals surface area contributed by atoms with Crippen molar-refractivity contribution in [2.24, 2.45) is 7.05 Å². The lowest BCUT2D eigenvalue weighted by Gasteiger charge is -2.09. The molecule has 0 bridgehead atoms. The quantitative estimate of drug-likeness (QED) is 0.777. The summed E-state index contributed by atoms with van der Waals surface area (Å²) in [6.07, 6.45) is 4.09. The zero-order chi connectivity index (χ0) is 13.9. The fourth-order valence-corrected chi connectivity index (χ4v) is 3.25. The van der Waals surface area contributed by atoms with E-state index in [1.54, 1.807) is 11.3 Å². The number of thiazole rings is 1. The van der Waals surface area contributed by atoms with Gasteiger partial charge in [-0.25, -0.2) is 4.98 Å². The number of aryl methyl sites for hydroxylation is 1. The zero-order valence-corrected chi connectivity index (χ0v) is 12.7. The van der Waals surface area contributed by atoms with Gasteiger partial charge in [-0.05, 0) is 11.6 Å². The van der Waals surface area contributed by atoms with Crippen LogP contribution in [0.5, 0.6) is 0 Å². The second kappa shape index (κ2) is 5.77. The van der Waals surface area contributed by atoms with Gasteiger partial charge >= 0.3 is 0 Å². The van der Waals surface area contributed by atoms with E-state index < -0.39 is 0 Å². The fourth-order valence-electron chi connectivity index (χ4n) is 2.55. The molecular formula is C16H19N3S. The molecule has 3 nitrogen and oxygen atoms in total. The number of benzene rings is 1. The van der Waals surface area contributed by atoms with Crippen LogP contribution in [0.2, 0.25) is 0 Å². The van der Waals surface area contributed by atoms with Gasteiger partial charge in [-0.3, -0.25) is 0 Å². The maximum Gasteiger partial charge on any atom is 0.0965 e. The average Bonchev–Trinajstić information content (AvgIpc) is 3.09. The predicted molar refractivity (Wildman–Crippen MR) is 85.2 cm³/mol. The highest BCUT2D eigenvalue weighted by Gasteiger charge is 2.09. The van der Waals surface area contributed by atoms with E-state index in [-0.39, 0.29) is 0 Å². The van der Waals surface area contributed by atoms with E-state index in [1.165, 1.54) is 21.5 Å². The summed E-state index contributed by atoms with van der Waals surface area (Å²) in [6.45, 7) is 4.07. The number of rotatable bonds is 5. The molecule has 2 heterocycles. The summed E-state index contributed by atoms with van der Waals surface area (Å²) in [5.41, 5.74) is 2.65. The molecule has 20 heavy (non-hydrogen) atoms. The number of hydrogen-bond acceptors (Lipinski definition) is 3. The van der Waals surface area contributed by atoms with Crippen molar-refractivity contribution in [2.45, 2.75) is 19.4 Å². The summed E-state index contributed by atoms with van der Waals surface area (Å²) in [5, 5.41) is 8.13. The van der Waals surface area contributed by atoms with Gasteiger partial charge in [0.1, 0.15) is 0 Å². The molecular weight excluding hydrogens is 266 g/mol. The third-order valence-corrected chi connectivity index (χ3v) is 4.63. The largest absolute Gasteiger partial charge is 0.350 e. The number of fused-ring (bicyclic) bond motifs is 1. The highest BCUT2D eigenvalue weighted by atomic mass is 32.1. The fraction of sp³-hybridized carbons (Fsp3) is 0.312. The van der Waals surface area contributed by atoms with Gasteiger partial charge in [0, 0.05) is 54.7 Å². The lowest BCUT2D eigenvalue weighted by molar-refractivity contribution is 0.613. The van der Waals surface area contributed by atoms with Crippen molar-refractivity contribution < 1.29 is 0 Å². The molecule has 0 amide bonds. The Morgan fingerprint density at radius 2 is 2.20 bits per heavy atom. The third kappa shape index (κ3) is 2.62. The maximum absolute atomic E-state index is 4.37. The van der Waals surface area contributed by atoms with Crippen LogP contribution in [0.15, 0.2) is 42.0 Å². The van der Waals surface area contributed by atoms with E-state index >= 15 is 0 Å². The van der Waals surface area contributed by atoms with Crippen LogP contribution in [0.4, 0.5) is 0 Å². The molecule has 1 unspecified atom stereocenters. The SMILES string of the molecule is CC(CNCc1cn(C)c2ccccc12)c1nccs1. The van der Waals surface area contributed by atoms with Crippen LogP contribution in [0.1, 0.15) is 23.4 Å². The Labute approximate surface area is 123 Å². The molecule has 0 saturated heterocycles. The van der Waals surface area contributed by atoms with Crippen LogP contribution in [0.25, 0.3) is 10.9 Å². The monoisotopic (exact) mass is 285 g/mol. The Kier molecular flexibility index (Phi) is 3.85. The molecule has 0 aliphatic carbocycles. The van der Waals surface area contributed by atoms with Crippen molar-refractivity contribution in [3.63, 3.8) is 0 Å². The van der Waals surface area contributed by atoms with Crippen LogP contribution < -0.4 is 5.32 Å². The summed E-state index contributed by atoms with van der Waals surface area (Å²) in [4.78, 5) is 4.37. The first-order chi connectivity index (χ1) is 9.75. The van der Waals surface area contributed by atoms with Crippen LogP contribution in [-0.2, 0) is 13.6 Å². The second-order valence-electron chi connectivity index (χ2n) is 5.18. The number of aromatic nitrogens is 2. The Bertz CT molecular complexity index is 685. The van der Waals surface area contributed by atoms with Gasteiger partial charge in [-0.1, -0.05) is 25.1 Å². The molecule has 3 aromatic rings. The molecule has 3 rings (SSSR count). The average molecular weight is 285 g/mol. The van der Waals surface area contributed by atoms with Crippen molar-refractivity contribution in [3.05, 3.63) is 52.6 Å². The minimum Gasteiger partial charge on any atom is -0.350 e. The van der Waals surface area contributed by atoms with Gasteiger partial charge in [0.2, 0.25) is 0 Å². The Morgan fingerprint density at radius 1 is 1.35 bits per heavy atom. The molecule has 0 radical (unpaired) electrons. The molecule has 0 aliphatic rings. The van der Waals surface area contributed by atoms with Gasteiger partial charge < -0.3 is 9.88 Å². The number of nitrogens with zero attached hydrogens (tertiary/aromatic N) is 2. The van der Waals surface area contributed by atoms with E-state index in [0.717, 1.165) is 13.1 Å². The zero-order valence-electron chi connectivity index (χ0n) is 11.8. The predicted octanol–water partition coefficient (Wildman–Crippen LogP) is 3.53. The molecule has 0 saturated carbocycles. The van der Waals surface area contributed by atoms with Crippen molar-refractivity contribution in [1.82, 2.24) is 14.9 Å². The molecule has 1 N–H and O–H groups in total. The van der Waals surface area contributed by atoms with E-state index in [0.29, 0.717) is 5.92 Å². The summed E-state index contributed by atoms with van der Waals surface area (Å²) >= 11 is 1.73. The van der Waals surface area contributed by atoms with Gasteiger partial charge in [0.05, 0.1) is 5.01 Å². The highest BCUT2D eigenvalue weighted by molar-refractivity contribution is 7.09. The topological polar surface area (TPSA) is 29.9 Å². The summed E-state index contributed by atoms with van der Waals surface area (Å²) in [7, 11) is 2.10. The first-order valence-electron chi connectivity index (χ1n) is 6.88. The molecule has 4 heteroatoms. The number of hydrogen-bond donors (Lipinski definition) is 1. The molecule has 104 valence electrons. The van der Waals surface area contributed by atoms with Crippen molar-refractivity contribution in [3.8, 4) is 0 Å². The minimum absolute atomic E-state index is 0.463. The van der Waals surface area contributed by atoms with Gasteiger partial charge in [-0.15, -0.1) is 11.3 Å². The van der Waals surface area contributed by atoms with Crippen LogP contribution in [0, 0.1) is 0 Å². The lowest BCUT2D eigenvalue weighted by atomic mass is 10.1. The molecule has 2 aromatic heterocycles. The highest BCUT2D eigenvalue weighted by Crippen LogP contribution is 2.21. The molecule has 0 aliphatic heterocycles. The van der Waals surface area contributed by atoms with E-state index in [1.807, 2.05) is 11.6 Å². The van der Waals surface area contributed by atoms with Crippen LogP contribution in [0.3, 0.4) is 0 Å². The Hall–Kier alpha value is -1.65. The minimum atomic E-state index is 0.463. The van der Waals surface area contributed by atoms with Gasteiger partial charge in [-0.2, -0.15) is 0 Å². The van der Waals surface area contributed by atoms with E-state index in [4.69, 9.17) is 0 Å². The summed E-state index contributed by atoms with van der Waals surface area (Å²) in [5.74, 6) is 0.463. The van der Waals surface area contributed by atoms with Crippen molar-refractivity contribution in [1.29, 1.82) is 0 Å². The Morgan fingerprint density at radius 3 is 3.00 bits per heavy atom. The molecule has 1 atom stereocenters. The second-order valence-corrected chi connectivity index (χ2v) is 6.11. The van der Waals surface area contributed by atoms with E-state index in [9.17, 15) is 0 Å². The van der Waals surface area contributed by atoms with Crippen LogP contribution >= 0.6 is 11.3 Å². The lowest BCUT2D eigenvalue weighted by Crippen LogP contribution is -2.19. The van der Waals surface area contributed by atoms with Crippen molar-refractivity contribution in [2.75, 3.05) is 6.54 Å². The van der Waals surface area contributed by atoms with Gasteiger partial charge in [0.15, 0.2) is 0 Å². The van der Waals surface area contributed by atoms with Crippen LogP contribution in [-0.4, -0.2) is 16.1 Å².